The molecule has 0 fully saturated rings. The number of carbonyl (C=O) groups excluding carboxylic acids is 1. The van der Waals surface area contributed by atoms with E-state index in [0.717, 1.165) is 4.47 Å². The summed E-state index contributed by atoms with van der Waals surface area (Å²) in [6.45, 7) is 2.72. The highest BCUT2D eigenvalue weighted by atomic mass is 79.9. The van der Waals surface area contributed by atoms with Gasteiger partial charge in [-0.1, -0.05) is 18.5 Å². The molecule has 1 rings (SSSR count). The van der Waals surface area contributed by atoms with E-state index in [4.69, 9.17) is 11.6 Å². The van der Waals surface area contributed by atoms with Crippen LogP contribution in [0.25, 0.3) is 0 Å². The molecule has 1 N–H and O–H groups in total. The highest BCUT2D eigenvalue weighted by Crippen LogP contribution is 2.21. The standard InChI is InChI=1S/C11H13BrClNOS/c1-7(16-2)6-14-11(15)9-5-8(13)3-4-10(9)12/h3-5,7H,6H2,1-2H3,(H,14,15). The first kappa shape index (κ1) is 13.9. The zero-order valence-corrected chi connectivity index (χ0v) is 12.2. The largest absolute Gasteiger partial charge is 0.351 e. The average molecular weight is 323 g/mol. The summed E-state index contributed by atoms with van der Waals surface area (Å²) in [4.78, 5) is 11.8. The van der Waals surface area contributed by atoms with E-state index < -0.39 is 0 Å². The molecule has 0 aromatic heterocycles. The fourth-order valence-corrected chi connectivity index (χ4v) is 1.94. The van der Waals surface area contributed by atoms with Crippen LogP contribution >= 0.6 is 39.3 Å². The van der Waals surface area contributed by atoms with Crippen LogP contribution in [0, 0.1) is 0 Å². The monoisotopic (exact) mass is 321 g/mol. The van der Waals surface area contributed by atoms with Crippen molar-refractivity contribution in [2.24, 2.45) is 0 Å². The molecule has 0 radical (unpaired) electrons. The molecule has 0 saturated carbocycles. The van der Waals surface area contributed by atoms with Crippen LogP contribution in [-0.2, 0) is 0 Å². The first-order chi connectivity index (χ1) is 7.54. The molecule has 1 unspecified atom stereocenters. The summed E-state index contributed by atoms with van der Waals surface area (Å²) in [5.74, 6) is -0.102. The molecule has 1 amide bonds. The zero-order valence-electron chi connectivity index (χ0n) is 9.09. The van der Waals surface area contributed by atoms with E-state index >= 15 is 0 Å². The molecular weight excluding hydrogens is 310 g/mol. The Morgan fingerprint density at radius 3 is 2.94 bits per heavy atom. The van der Waals surface area contributed by atoms with Crippen LogP contribution in [-0.4, -0.2) is 24.0 Å². The Balaban J connectivity index is 2.69. The third kappa shape index (κ3) is 4.00. The fourth-order valence-electron chi connectivity index (χ4n) is 1.09. The lowest BCUT2D eigenvalue weighted by molar-refractivity contribution is 0.0953. The number of rotatable bonds is 4. The Labute approximate surface area is 113 Å². The van der Waals surface area contributed by atoms with E-state index in [-0.39, 0.29) is 5.91 Å². The smallest absolute Gasteiger partial charge is 0.252 e. The van der Waals surface area contributed by atoms with Gasteiger partial charge in [-0.05, 0) is 40.4 Å². The van der Waals surface area contributed by atoms with Crippen LogP contribution < -0.4 is 5.32 Å². The van der Waals surface area contributed by atoms with Crippen LogP contribution in [0.3, 0.4) is 0 Å². The summed E-state index contributed by atoms with van der Waals surface area (Å²) in [5, 5.41) is 3.84. The van der Waals surface area contributed by atoms with Crippen LogP contribution in [0.5, 0.6) is 0 Å². The first-order valence-corrected chi connectivity index (χ1v) is 7.26. The van der Waals surface area contributed by atoms with Crippen molar-refractivity contribution < 1.29 is 4.79 Å². The Morgan fingerprint density at radius 1 is 1.62 bits per heavy atom. The van der Waals surface area contributed by atoms with E-state index in [0.29, 0.717) is 22.4 Å². The number of hydrogen-bond acceptors (Lipinski definition) is 2. The Morgan fingerprint density at radius 2 is 2.31 bits per heavy atom. The lowest BCUT2D eigenvalue weighted by Gasteiger charge is -2.10. The zero-order chi connectivity index (χ0) is 12.1. The molecular formula is C11H13BrClNOS. The number of carbonyl (C=O) groups is 1. The highest BCUT2D eigenvalue weighted by molar-refractivity contribution is 9.10. The van der Waals surface area contributed by atoms with Gasteiger partial charge in [0.15, 0.2) is 0 Å². The van der Waals surface area contributed by atoms with Crippen molar-refractivity contribution in [3.05, 3.63) is 33.3 Å². The van der Waals surface area contributed by atoms with Gasteiger partial charge in [-0.25, -0.2) is 0 Å². The van der Waals surface area contributed by atoms with Crippen molar-refractivity contribution in [3.8, 4) is 0 Å². The van der Waals surface area contributed by atoms with Crippen molar-refractivity contribution in [1.29, 1.82) is 0 Å². The lowest BCUT2D eigenvalue weighted by atomic mass is 10.2. The van der Waals surface area contributed by atoms with Gasteiger partial charge in [-0.3, -0.25) is 4.79 Å². The molecule has 1 aromatic carbocycles. The number of thioether (sulfide) groups is 1. The minimum Gasteiger partial charge on any atom is -0.351 e. The lowest BCUT2D eigenvalue weighted by Crippen LogP contribution is -2.29. The minimum atomic E-state index is -0.102. The van der Waals surface area contributed by atoms with Crippen LogP contribution in [0.4, 0.5) is 0 Å². The van der Waals surface area contributed by atoms with Crippen molar-refractivity contribution in [2.45, 2.75) is 12.2 Å². The van der Waals surface area contributed by atoms with Gasteiger partial charge in [-0.2, -0.15) is 11.8 Å². The fraction of sp³-hybridized carbons (Fsp3) is 0.364. The molecule has 88 valence electrons. The number of nitrogens with one attached hydrogen (secondary N) is 1. The van der Waals surface area contributed by atoms with E-state index in [9.17, 15) is 4.79 Å². The summed E-state index contributed by atoms with van der Waals surface area (Å²) < 4.78 is 0.756. The Kier molecular flexibility index (Phi) is 5.66. The summed E-state index contributed by atoms with van der Waals surface area (Å²) in [7, 11) is 0. The predicted octanol–water partition coefficient (Wildman–Crippen LogP) is 3.58. The van der Waals surface area contributed by atoms with E-state index in [2.05, 4.69) is 28.2 Å². The van der Waals surface area contributed by atoms with Crippen LogP contribution in [0.2, 0.25) is 5.02 Å². The third-order valence-electron chi connectivity index (χ3n) is 2.13. The predicted molar refractivity (Wildman–Crippen MR) is 74.5 cm³/mol. The normalized spacial score (nSPS) is 12.2. The molecule has 2 nitrogen and oxygen atoms in total. The SMILES string of the molecule is CSC(C)CNC(=O)c1cc(Cl)ccc1Br. The molecule has 0 spiro atoms. The maximum atomic E-state index is 11.8. The van der Waals surface area contributed by atoms with E-state index in [1.165, 1.54) is 0 Å². The van der Waals surface area contributed by atoms with Gasteiger partial charge in [0.2, 0.25) is 0 Å². The third-order valence-corrected chi connectivity index (χ3v) is 4.02. The van der Waals surface area contributed by atoms with Gasteiger partial charge >= 0.3 is 0 Å². The molecule has 5 heteroatoms. The van der Waals surface area contributed by atoms with Gasteiger partial charge in [0.05, 0.1) is 5.56 Å². The van der Waals surface area contributed by atoms with Crippen LogP contribution in [0.15, 0.2) is 22.7 Å². The minimum absolute atomic E-state index is 0.102. The van der Waals surface area contributed by atoms with Gasteiger partial charge in [0.1, 0.15) is 0 Å². The number of benzene rings is 1. The van der Waals surface area contributed by atoms with Gasteiger partial charge in [0.25, 0.3) is 5.91 Å². The number of hydrogen-bond donors (Lipinski definition) is 1. The average Bonchev–Trinajstić information content (AvgIpc) is 2.28. The first-order valence-electron chi connectivity index (χ1n) is 4.80. The van der Waals surface area contributed by atoms with Crippen molar-refractivity contribution in [2.75, 3.05) is 12.8 Å². The summed E-state index contributed by atoms with van der Waals surface area (Å²) in [6.07, 6.45) is 2.02. The van der Waals surface area contributed by atoms with Gasteiger partial charge < -0.3 is 5.32 Å². The molecule has 1 atom stereocenters. The maximum Gasteiger partial charge on any atom is 0.252 e. The van der Waals surface area contributed by atoms with Crippen molar-refractivity contribution >= 4 is 45.2 Å². The molecule has 16 heavy (non-hydrogen) atoms. The molecule has 0 aliphatic rings. The second-order valence-electron chi connectivity index (χ2n) is 3.38. The van der Waals surface area contributed by atoms with Crippen molar-refractivity contribution in [1.82, 2.24) is 5.32 Å². The topological polar surface area (TPSA) is 29.1 Å². The highest BCUT2D eigenvalue weighted by Gasteiger charge is 2.11. The van der Waals surface area contributed by atoms with E-state index in [1.807, 2.05) is 6.26 Å². The van der Waals surface area contributed by atoms with Gasteiger partial charge in [0, 0.05) is 21.3 Å². The molecule has 0 heterocycles. The Bertz CT molecular complexity index is 386. The van der Waals surface area contributed by atoms with Gasteiger partial charge in [-0.15, -0.1) is 0 Å². The van der Waals surface area contributed by atoms with Crippen molar-refractivity contribution in [3.63, 3.8) is 0 Å². The quantitative estimate of drug-likeness (QED) is 0.918. The number of halogens is 2. The van der Waals surface area contributed by atoms with E-state index in [1.54, 1.807) is 30.0 Å². The molecule has 0 aliphatic carbocycles. The molecule has 0 aliphatic heterocycles. The summed E-state index contributed by atoms with van der Waals surface area (Å²) >= 11 is 10.9. The van der Waals surface area contributed by atoms with Crippen LogP contribution in [0.1, 0.15) is 17.3 Å². The molecule has 1 aromatic rings. The second-order valence-corrected chi connectivity index (χ2v) is 5.95. The maximum absolute atomic E-state index is 11.8. The number of amides is 1. The molecule has 0 saturated heterocycles. The molecule has 0 bridgehead atoms. The summed E-state index contributed by atoms with van der Waals surface area (Å²) in [5.41, 5.74) is 0.570. The Hall–Kier alpha value is -0.190. The second kappa shape index (κ2) is 6.52. The summed E-state index contributed by atoms with van der Waals surface area (Å²) in [6, 6.07) is 5.17.